The maximum atomic E-state index is 4.12. The van der Waals surface area contributed by atoms with E-state index < -0.39 is 0 Å². The van der Waals surface area contributed by atoms with E-state index in [4.69, 9.17) is 0 Å². The predicted molar refractivity (Wildman–Crippen MR) is 46.9 cm³/mol. The maximum absolute atomic E-state index is 4.12. The Hall–Kier alpha value is -1.44. The largest absolute Gasteiger partial charge is 0.286 e. The van der Waals surface area contributed by atoms with Gasteiger partial charge in [-0.1, -0.05) is 12.6 Å². The molecule has 0 radical (unpaired) electrons. The quantitative estimate of drug-likeness (QED) is 0.583. The molecule has 0 aliphatic rings. The highest BCUT2D eigenvalue weighted by molar-refractivity contribution is 6.06. The van der Waals surface area contributed by atoms with Gasteiger partial charge in [-0.2, -0.15) is 0 Å². The van der Waals surface area contributed by atoms with E-state index in [1.165, 1.54) is 0 Å². The van der Waals surface area contributed by atoms with E-state index in [1.54, 1.807) is 19.3 Å². The zero-order valence-corrected chi connectivity index (χ0v) is 6.49. The first-order valence-corrected chi connectivity index (χ1v) is 3.39. The summed E-state index contributed by atoms with van der Waals surface area (Å²) in [7, 11) is 1.73. The van der Waals surface area contributed by atoms with Crippen LogP contribution in [0.5, 0.6) is 0 Å². The van der Waals surface area contributed by atoms with Crippen molar-refractivity contribution in [1.29, 1.82) is 0 Å². The summed E-state index contributed by atoms with van der Waals surface area (Å²) in [6.45, 7) is 3.64. The predicted octanol–water partition coefficient (Wildman–Crippen LogP) is 1.69. The third kappa shape index (κ3) is 1.74. The van der Waals surface area contributed by atoms with E-state index in [9.17, 15) is 0 Å². The number of hydrogen-bond acceptors (Lipinski definition) is 2. The van der Waals surface area contributed by atoms with Crippen molar-refractivity contribution in [2.75, 3.05) is 7.05 Å². The normalized spacial score (nSPS) is 11.2. The monoisotopic (exact) mass is 146 g/mol. The first-order valence-electron chi connectivity index (χ1n) is 3.39. The van der Waals surface area contributed by atoms with E-state index in [0.29, 0.717) is 0 Å². The van der Waals surface area contributed by atoms with Gasteiger partial charge in [0.15, 0.2) is 0 Å². The molecule has 2 nitrogen and oxygen atoms in total. The number of hydrogen-bond donors (Lipinski definition) is 0. The molecule has 11 heavy (non-hydrogen) atoms. The van der Waals surface area contributed by atoms with Gasteiger partial charge in [0.2, 0.25) is 0 Å². The third-order valence-electron chi connectivity index (χ3n) is 1.36. The summed E-state index contributed by atoms with van der Waals surface area (Å²) in [5, 5.41) is 0. The second-order valence-electron chi connectivity index (χ2n) is 2.03. The SMILES string of the molecule is C=CC(=NC)c1ccccn1. The van der Waals surface area contributed by atoms with Crippen molar-refractivity contribution < 1.29 is 0 Å². The highest BCUT2D eigenvalue weighted by atomic mass is 14.7. The summed E-state index contributed by atoms with van der Waals surface area (Å²) in [4.78, 5) is 8.13. The summed E-state index contributed by atoms with van der Waals surface area (Å²) in [5.74, 6) is 0. The number of rotatable bonds is 2. The third-order valence-corrected chi connectivity index (χ3v) is 1.36. The molecular formula is C9H10N2. The summed E-state index contributed by atoms with van der Waals surface area (Å²) in [6, 6.07) is 5.71. The molecule has 0 aromatic carbocycles. The molecule has 0 saturated carbocycles. The van der Waals surface area contributed by atoms with Crippen molar-refractivity contribution in [1.82, 2.24) is 4.98 Å². The van der Waals surface area contributed by atoms with Gasteiger partial charge in [-0.25, -0.2) is 0 Å². The number of nitrogens with zero attached hydrogens (tertiary/aromatic N) is 2. The van der Waals surface area contributed by atoms with Gasteiger partial charge in [-0.15, -0.1) is 0 Å². The van der Waals surface area contributed by atoms with Crippen molar-refractivity contribution in [2.45, 2.75) is 0 Å². The van der Waals surface area contributed by atoms with Crippen molar-refractivity contribution >= 4 is 5.71 Å². The minimum Gasteiger partial charge on any atom is -0.286 e. The van der Waals surface area contributed by atoms with Gasteiger partial charge in [0.25, 0.3) is 0 Å². The molecule has 0 amide bonds. The van der Waals surface area contributed by atoms with Crippen LogP contribution in [0.15, 0.2) is 42.0 Å². The first-order chi connectivity index (χ1) is 5.38. The van der Waals surface area contributed by atoms with Crippen LogP contribution in [0.2, 0.25) is 0 Å². The van der Waals surface area contributed by atoms with Crippen LogP contribution < -0.4 is 0 Å². The zero-order valence-electron chi connectivity index (χ0n) is 6.49. The Morgan fingerprint density at radius 1 is 1.64 bits per heavy atom. The van der Waals surface area contributed by atoms with E-state index in [-0.39, 0.29) is 0 Å². The average molecular weight is 146 g/mol. The Morgan fingerprint density at radius 3 is 2.91 bits per heavy atom. The minimum atomic E-state index is 0.825. The van der Waals surface area contributed by atoms with Crippen LogP contribution in [0.4, 0.5) is 0 Å². The lowest BCUT2D eigenvalue weighted by Gasteiger charge is -1.96. The van der Waals surface area contributed by atoms with Gasteiger partial charge < -0.3 is 0 Å². The Balaban J connectivity index is 3.01. The van der Waals surface area contributed by atoms with Crippen LogP contribution >= 0.6 is 0 Å². The molecule has 2 heteroatoms. The fourth-order valence-electron chi connectivity index (χ4n) is 0.825. The van der Waals surface area contributed by atoms with E-state index >= 15 is 0 Å². The van der Waals surface area contributed by atoms with Gasteiger partial charge >= 0.3 is 0 Å². The zero-order chi connectivity index (χ0) is 8.10. The highest BCUT2D eigenvalue weighted by Gasteiger charge is 1.95. The molecule has 0 spiro atoms. The number of pyridine rings is 1. The van der Waals surface area contributed by atoms with Crippen LogP contribution in [0, 0.1) is 0 Å². The van der Waals surface area contributed by atoms with Crippen LogP contribution in [0.25, 0.3) is 0 Å². The summed E-state index contributed by atoms with van der Waals surface area (Å²) >= 11 is 0. The number of aliphatic imine (C=N–C) groups is 1. The van der Waals surface area contributed by atoms with E-state index in [2.05, 4.69) is 16.6 Å². The van der Waals surface area contributed by atoms with Gasteiger partial charge in [0.05, 0.1) is 11.4 Å². The lowest BCUT2D eigenvalue weighted by molar-refractivity contribution is 1.28. The molecule has 1 rings (SSSR count). The molecule has 0 unspecified atom stereocenters. The topological polar surface area (TPSA) is 25.2 Å². The molecule has 0 N–H and O–H groups in total. The van der Waals surface area contributed by atoms with Crippen LogP contribution in [-0.4, -0.2) is 17.7 Å². The van der Waals surface area contributed by atoms with E-state index in [0.717, 1.165) is 11.4 Å². The smallest absolute Gasteiger partial charge is 0.0881 e. The average Bonchev–Trinajstić information content (AvgIpc) is 2.09. The standard InChI is InChI=1S/C9H10N2/c1-3-8(10-2)9-6-4-5-7-11-9/h3-7H,1H2,2H3. The molecule has 1 aromatic rings. The Labute approximate surface area is 66.3 Å². The molecule has 56 valence electrons. The van der Waals surface area contributed by atoms with E-state index in [1.807, 2.05) is 18.2 Å². The fraction of sp³-hybridized carbons (Fsp3) is 0.111. The summed E-state index contributed by atoms with van der Waals surface area (Å²) < 4.78 is 0. The summed E-state index contributed by atoms with van der Waals surface area (Å²) in [6.07, 6.45) is 3.44. The molecule has 0 saturated heterocycles. The van der Waals surface area contributed by atoms with Crippen LogP contribution in [0.1, 0.15) is 5.69 Å². The number of aromatic nitrogens is 1. The molecular weight excluding hydrogens is 136 g/mol. The molecule has 0 aliphatic carbocycles. The molecule has 0 bridgehead atoms. The van der Waals surface area contributed by atoms with Crippen molar-refractivity contribution in [3.05, 3.63) is 42.7 Å². The molecule has 1 heterocycles. The lowest BCUT2D eigenvalue weighted by atomic mass is 10.2. The first kappa shape index (κ1) is 7.66. The van der Waals surface area contributed by atoms with Crippen molar-refractivity contribution in [3.63, 3.8) is 0 Å². The minimum absolute atomic E-state index is 0.825. The second kappa shape index (κ2) is 3.66. The van der Waals surface area contributed by atoms with Gasteiger partial charge in [-0.3, -0.25) is 9.98 Å². The Morgan fingerprint density at radius 2 is 2.45 bits per heavy atom. The Kier molecular flexibility index (Phi) is 2.55. The van der Waals surface area contributed by atoms with Gasteiger partial charge in [0, 0.05) is 13.2 Å². The molecule has 0 aliphatic heterocycles. The van der Waals surface area contributed by atoms with Crippen LogP contribution in [-0.2, 0) is 0 Å². The van der Waals surface area contributed by atoms with Crippen molar-refractivity contribution in [2.24, 2.45) is 4.99 Å². The maximum Gasteiger partial charge on any atom is 0.0881 e. The van der Waals surface area contributed by atoms with Crippen molar-refractivity contribution in [3.8, 4) is 0 Å². The van der Waals surface area contributed by atoms with Gasteiger partial charge in [0.1, 0.15) is 0 Å². The molecule has 0 atom stereocenters. The molecule has 0 fully saturated rings. The fourth-order valence-corrected chi connectivity index (χ4v) is 0.825. The number of allylic oxidation sites excluding steroid dienone is 1. The summed E-state index contributed by atoms with van der Waals surface area (Å²) in [5.41, 5.74) is 1.69. The molecule has 1 aromatic heterocycles. The second-order valence-corrected chi connectivity index (χ2v) is 2.03. The van der Waals surface area contributed by atoms with Crippen LogP contribution in [0.3, 0.4) is 0 Å². The highest BCUT2D eigenvalue weighted by Crippen LogP contribution is 1.96. The Bertz CT molecular complexity index is 262. The van der Waals surface area contributed by atoms with Gasteiger partial charge in [-0.05, 0) is 18.2 Å². The lowest BCUT2D eigenvalue weighted by Crippen LogP contribution is -1.97.